The summed E-state index contributed by atoms with van der Waals surface area (Å²) in [7, 11) is 0. The molecule has 11 aromatic rings. The molecule has 0 fully saturated rings. The van der Waals surface area contributed by atoms with E-state index in [0.29, 0.717) is 0 Å². The number of benzene rings is 11. The maximum absolute atomic E-state index is 2.56. The van der Waals surface area contributed by atoms with Gasteiger partial charge in [-0.25, -0.2) is 0 Å². The van der Waals surface area contributed by atoms with Crippen LogP contribution in [-0.2, 0) is 27.1 Å². The van der Waals surface area contributed by atoms with Crippen molar-refractivity contribution in [1.82, 2.24) is 0 Å². The molecule has 14 rings (SSSR count). The Morgan fingerprint density at radius 1 is 0.269 bits per heavy atom. The largest absolute Gasteiger partial charge is 0.310 e. The van der Waals surface area contributed by atoms with E-state index < -0.39 is 10.8 Å². The van der Waals surface area contributed by atoms with Crippen molar-refractivity contribution in [2.24, 2.45) is 0 Å². The third-order valence-corrected chi connectivity index (χ3v) is 18.1. The number of anilines is 3. The number of hydrogen-bond acceptors (Lipinski definition) is 1. The van der Waals surface area contributed by atoms with E-state index in [9.17, 15) is 0 Å². The first-order chi connectivity index (χ1) is 37.7. The zero-order chi connectivity index (χ0) is 53.3. The standard InChI is InChI=1S/C77H65N/c1-73(2,3)52-31-35-56(36-32-52)76(54-23-11-9-12-24-54)68-30-20-18-28-62(68)66-47-58(41-44-69(66)76)78(59-40-43-64-65-45-50-21-15-16-22-51(50)46-70(65)75(7,8)71(64)48-59)60-39-42-63-61-27-17-19-29-67(61)77(72(63)49-60,55-25-13-10-14-26-55)57-37-33-53(34-38-57)74(4,5)6/h9-49H,1-8H3. The molecule has 1 nitrogen and oxygen atoms in total. The van der Waals surface area contributed by atoms with E-state index >= 15 is 0 Å². The molecule has 0 aromatic heterocycles. The topological polar surface area (TPSA) is 3.24 Å². The van der Waals surface area contributed by atoms with Crippen molar-refractivity contribution >= 4 is 27.8 Å². The molecule has 0 amide bonds. The summed E-state index contributed by atoms with van der Waals surface area (Å²) in [6.45, 7) is 18.6. The quantitative estimate of drug-likeness (QED) is 0.154. The lowest BCUT2D eigenvalue weighted by Gasteiger charge is -2.36. The van der Waals surface area contributed by atoms with Gasteiger partial charge in [-0.05, 0) is 170 Å². The summed E-state index contributed by atoms with van der Waals surface area (Å²) in [4.78, 5) is 2.56. The highest BCUT2D eigenvalue weighted by Crippen LogP contribution is 2.60. The molecule has 0 saturated carbocycles. The Morgan fingerprint density at radius 3 is 1.17 bits per heavy atom. The van der Waals surface area contributed by atoms with Gasteiger partial charge in [0, 0.05) is 22.5 Å². The van der Waals surface area contributed by atoms with Crippen LogP contribution in [0.1, 0.15) is 122 Å². The second kappa shape index (κ2) is 17.2. The van der Waals surface area contributed by atoms with Crippen molar-refractivity contribution in [3.05, 3.63) is 315 Å². The minimum Gasteiger partial charge on any atom is -0.310 e. The molecule has 0 spiro atoms. The van der Waals surface area contributed by atoms with Gasteiger partial charge in [-0.3, -0.25) is 0 Å². The lowest BCUT2D eigenvalue weighted by Crippen LogP contribution is -2.29. The van der Waals surface area contributed by atoms with Crippen LogP contribution in [0, 0.1) is 0 Å². The second-order valence-electron chi connectivity index (χ2n) is 24.9. The minimum absolute atomic E-state index is 0.0187. The van der Waals surface area contributed by atoms with Crippen LogP contribution in [0.4, 0.5) is 17.1 Å². The average Bonchev–Trinajstić information content (AvgIpc) is 4.03. The third-order valence-electron chi connectivity index (χ3n) is 18.1. The normalized spacial score (nSPS) is 17.4. The van der Waals surface area contributed by atoms with Crippen LogP contribution in [-0.4, -0.2) is 0 Å². The molecule has 378 valence electrons. The molecule has 11 aromatic carbocycles. The van der Waals surface area contributed by atoms with Gasteiger partial charge in [-0.15, -0.1) is 0 Å². The molecule has 3 aliphatic carbocycles. The van der Waals surface area contributed by atoms with E-state index in [0.717, 1.165) is 17.1 Å². The monoisotopic (exact) mass is 1000 g/mol. The van der Waals surface area contributed by atoms with Gasteiger partial charge in [0.15, 0.2) is 0 Å². The Balaban J connectivity index is 1.03. The highest BCUT2D eigenvalue weighted by Gasteiger charge is 2.48. The molecular weight excluding hydrogens is 939 g/mol. The van der Waals surface area contributed by atoms with Crippen molar-refractivity contribution in [2.45, 2.75) is 82.5 Å². The molecule has 2 atom stereocenters. The number of rotatable bonds is 7. The highest BCUT2D eigenvalue weighted by atomic mass is 15.1. The Hall–Kier alpha value is -8.52. The van der Waals surface area contributed by atoms with Crippen LogP contribution in [0.2, 0.25) is 0 Å². The SMILES string of the molecule is CC(C)(C)c1ccc(C2(c3ccccc3)c3ccccc3-c3cc(N(c4ccc5c(c4)C(C)(C)c4cc6ccccc6cc4-5)c4ccc5c(c4)C(c4ccccc4)(c4ccc(C(C)(C)C)cc4)c4ccccc4-5)ccc32)cc1. The fraction of sp³-hybridized carbons (Fsp3) is 0.169. The van der Waals surface area contributed by atoms with Gasteiger partial charge in [0.25, 0.3) is 0 Å². The lowest BCUT2D eigenvalue weighted by atomic mass is 9.67. The van der Waals surface area contributed by atoms with E-state index in [-0.39, 0.29) is 16.2 Å². The maximum Gasteiger partial charge on any atom is 0.0714 e. The first-order valence-electron chi connectivity index (χ1n) is 28.0. The van der Waals surface area contributed by atoms with Crippen LogP contribution in [0.15, 0.2) is 249 Å². The molecule has 2 unspecified atom stereocenters. The summed E-state index contributed by atoms with van der Waals surface area (Å²) in [5, 5.41) is 2.55. The van der Waals surface area contributed by atoms with Crippen molar-refractivity contribution in [3.63, 3.8) is 0 Å². The summed E-state index contributed by atoms with van der Waals surface area (Å²) >= 11 is 0. The first-order valence-corrected chi connectivity index (χ1v) is 28.0. The van der Waals surface area contributed by atoms with Gasteiger partial charge < -0.3 is 4.90 Å². The number of nitrogens with zero attached hydrogens (tertiary/aromatic N) is 1. The van der Waals surface area contributed by atoms with Crippen LogP contribution in [0.25, 0.3) is 44.2 Å². The van der Waals surface area contributed by atoms with Crippen molar-refractivity contribution < 1.29 is 0 Å². The Kier molecular flexibility index (Phi) is 10.6. The molecule has 1 heteroatoms. The first kappa shape index (κ1) is 47.9. The molecule has 0 N–H and O–H groups in total. The summed E-state index contributed by atoms with van der Waals surface area (Å²) in [5.74, 6) is 0. The highest BCUT2D eigenvalue weighted by molar-refractivity contribution is 5.96. The predicted octanol–water partition coefficient (Wildman–Crippen LogP) is 19.9. The molecule has 0 heterocycles. The van der Waals surface area contributed by atoms with E-state index in [1.807, 2.05) is 0 Å². The Labute approximate surface area is 461 Å². The lowest BCUT2D eigenvalue weighted by molar-refractivity contribution is 0.589. The fourth-order valence-corrected chi connectivity index (χ4v) is 14.2. The van der Waals surface area contributed by atoms with Gasteiger partial charge in [-0.1, -0.05) is 256 Å². The van der Waals surface area contributed by atoms with Crippen molar-refractivity contribution in [2.75, 3.05) is 4.90 Å². The predicted molar refractivity (Wildman–Crippen MR) is 328 cm³/mol. The van der Waals surface area contributed by atoms with Gasteiger partial charge in [-0.2, -0.15) is 0 Å². The molecule has 0 bridgehead atoms. The third kappa shape index (κ3) is 6.93. The van der Waals surface area contributed by atoms with Crippen LogP contribution < -0.4 is 4.90 Å². The van der Waals surface area contributed by atoms with Gasteiger partial charge >= 0.3 is 0 Å². The van der Waals surface area contributed by atoms with E-state index in [2.05, 4.69) is 309 Å². The number of fused-ring (bicyclic) bond motifs is 10. The second-order valence-corrected chi connectivity index (χ2v) is 24.9. The average molecular weight is 1000 g/mol. The Morgan fingerprint density at radius 2 is 0.628 bits per heavy atom. The molecule has 3 aliphatic rings. The zero-order valence-electron chi connectivity index (χ0n) is 46.1. The molecule has 0 aliphatic heterocycles. The molecule has 0 saturated heterocycles. The van der Waals surface area contributed by atoms with Crippen molar-refractivity contribution in [1.29, 1.82) is 0 Å². The summed E-state index contributed by atoms with van der Waals surface area (Å²) in [5.41, 5.74) is 25.4. The van der Waals surface area contributed by atoms with Gasteiger partial charge in [0.05, 0.1) is 10.8 Å². The maximum atomic E-state index is 2.56. The Bertz CT molecular complexity index is 4170. The van der Waals surface area contributed by atoms with Crippen LogP contribution in [0.3, 0.4) is 0 Å². The van der Waals surface area contributed by atoms with E-state index in [1.165, 1.54) is 111 Å². The van der Waals surface area contributed by atoms with Crippen LogP contribution >= 0.6 is 0 Å². The summed E-state index contributed by atoms with van der Waals surface area (Å²) in [6.07, 6.45) is 0. The summed E-state index contributed by atoms with van der Waals surface area (Å²) in [6, 6.07) is 95.4. The zero-order valence-corrected chi connectivity index (χ0v) is 46.1. The number of hydrogen-bond donors (Lipinski definition) is 0. The fourth-order valence-electron chi connectivity index (χ4n) is 14.2. The smallest absolute Gasteiger partial charge is 0.0714 e. The summed E-state index contributed by atoms with van der Waals surface area (Å²) < 4.78 is 0. The molecule has 78 heavy (non-hydrogen) atoms. The van der Waals surface area contributed by atoms with Crippen LogP contribution in [0.5, 0.6) is 0 Å². The van der Waals surface area contributed by atoms with E-state index in [1.54, 1.807) is 0 Å². The van der Waals surface area contributed by atoms with Gasteiger partial charge in [0.2, 0.25) is 0 Å². The van der Waals surface area contributed by atoms with Crippen molar-refractivity contribution in [3.8, 4) is 33.4 Å². The van der Waals surface area contributed by atoms with Gasteiger partial charge in [0.1, 0.15) is 0 Å². The minimum atomic E-state index is -0.580. The molecule has 0 radical (unpaired) electrons. The van der Waals surface area contributed by atoms with E-state index in [4.69, 9.17) is 0 Å². The molecular formula is C77H65N.